The summed E-state index contributed by atoms with van der Waals surface area (Å²) in [6, 6.07) is 11.2. The minimum absolute atomic E-state index is 0.0386. The SMILES string of the molecule is CC(NC(=O)[C@@H]1C[C@]2(C)C[C@@H]2N1C(=O)CN1Cc2cc(-c3ccc(F)cc3F)ccc2C1=O)c1cc2cnccc2[nH]1. The van der Waals surface area contributed by atoms with E-state index >= 15 is 0 Å². The molecule has 2 fully saturated rings. The number of nitrogens with zero attached hydrogens (tertiary/aromatic N) is 3. The van der Waals surface area contributed by atoms with Crippen LogP contribution in [0.3, 0.4) is 0 Å². The highest BCUT2D eigenvalue weighted by Crippen LogP contribution is 2.59. The number of hydrogen-bond donors (Lipinski definition) is 2. The van der Waals surface area contributed by atoms with Crippen LogP contribution >= 0.6 is 0 Å². The predicted octanol–water partition coefficient (Wildman–Crippen LogP) is 4.72. The number of carbonyl (C=O) groups is 3. The van der Waals surface area contributed by atoms with Crippen molar-refractivity contribution >= 4 is 28.6 Å². The molecule has 2 aliphatic heterocycles. The molecule has 4 heterocycles. The van der Waals surface area contributed by atoms with Gasteiger partial charge in [-0.1, -0.05) is 13.0 Å². The number of pyridine rings is 1. The molecule has 0 bridgehead atoms. The van der Waals surface area contributed by atoms with Gasteiger partial charge in [-0.3, -0.25) is 19.4 Å². The fraction of sp³-hybridized carbons (Fsp3) is 0.312. The largest absolute Gasteiger partial charge is 0.357 e. The van der Waals surface area contributed by atoms with Gasteiger partial charge in [0.05, 0.1) is 6.04 Å². The Kier molecular flexibility index (Phi) is 5.93. The number of hydrogen-bond acceptors (Lipinski definition) is 4. The van der Waals surface area contributed by atoms with Crippen molar-refractivity contribution < 1.29 is 23.2 Å². The molecular weight excluding hydrogens is 540 g/mol. The van der Waals surface area contributed by atoms with E-state index in [1.807, 2.05) is 19.1 Å². The van der Waals surface area contributed by atoms with E-state index in [1.165, 1.54) is 17.0 Å². The number of H-pyrrole nitrogens is 1. The van der Waals surface area contributed by atoms with Crippen LogP contribution in [0, 0.1) is 17.0 Å². The van der Waals surface area contributed by atoms with Crippen LogP contribution in [0.5, 0.6) is 0 Å². The molecular formula is C32H29F2N5O3. The average molecular weight is 570 g/mol. The van der Waals surface area contributed by atoms with Crippen LogP contribution in [0.25, 0.3) is 22.0 Å². The molecule has 1 saturated heterocycles. The summed E-state index contributed by atoms with van der Waals surface area (Å²) in [5.41, 5.74) is 3.54. The molecule has 2 aromatic heterocycles. The zero-order valence-corrected chi connectivity index (χ0v) is 23.2. The number of aromatic amines is 1. The van der Waals surface area contributed by atoms with E-state index in [0.717, 1.165) is 29.1 Å². The maximum atomic E-state index is 14.4. The van der Waals surface area contributed by atoms with Gasteiger partial charge in [0.1, 0.15) is 24.2 Å². The Morgan fingerprint density at radius 2 is 1.93 bits per heavy atom. The van der Waals surface area contributed by atoms with Crippen LogP contribution in [0.2, 0.25) is 0 Å². The fourth-order valence-corrected chi connectivity index (χ4v) is 6.62. The van der Waals surface area contributed by atoms with Crippen LogP contribution in [0.15, 0.2) is 60.9 Å². The van der Waals surface area contributed by atoms with Gasteiger partial charge >= 0.3 is 0 Å². The number of aromatic nitrogens is 2. The van der Waals surface area contributed by atoms with Crippen molar-refractivity contribution in [2.75, 3.05) is 6.54 Å². The Morgan fingerprint density at radius 3 is 2.71 bits per heavy atom. The fourth-order valence-electron chi connectivity index (χ4n) is 6.62. The van der Waals surface area contributed by atoms with Crippen molar-refractivity contribution in [2.24, 2.45) is 5.41 Å². The first-order valence-corrected chi connectivity index (χ1v) is 14.0. The van der Waals surface area contributed by atoms with E-state index in [2.05, 4.69) is 22.2 Å². The van der Waals surface area contributed by atoms with Crippen LogP contribution in [0.1, 0.15) is 54.3 Å². The molecule has 1 saturated carbocycles. The van der Waals surface area contributed by atoms with E-state index in [-0.39, 0.29) is 53.9 Å². The number of likely N-dealkylation sites (tertiary alicyclic amines) is 1. The molecule has 42 heavy (non-hydrogen) atoms. The molecule has 2 aromatic carbocycles. The number of fused-ring (bicyclic) bond motifs is 3. The summed E-state index contributed by atoms with van der Waals surface area (Å²) in [5.74, 6) is -2.12. The quantitative estimate of drug-likeness (QED) is 0.351. The van der Waals surface area contributed by atoms with Gasteiger partial charge < -0.3 is 20.1 Å². The highest BCUT2D eigenvalue weighted by Gasteiger charge is 2.64. The number of piperidine rings is 1. The second kappa shape index (κ2) is 9.47. The lowest BCUT2D eigenvalue weighted by molar-refractivity contribution is -0.140. The maximum absolute atomic E-state index is 14.4. The van der Waals surface area contributed by atoms with Crippen LogP contribution in [0.4, 0.5) is 8.78 Å². The molecule has 0 spiro atoms. The van der Waals surface area contributed by atoms with Crippen LogP contribution < -0.4 is 5.32 Å². The van der Waals surface area contributed by atoms with Crippen molar-refractivity contribution in [3.63, 3.8) is 0 Å². The van der Waals surface area contributed by atoms with E-state index in [0.29, 0.717) is 23.1 Å². The number of halogens is 2. The Balaban J connectivity index is 1.06. The zero-order valence-electron chi connectivity index (χ0n) is 23.2. The van der Waals surface area contributed by atoms with Crippen molar-refractivity contribution in [3.05, 3.63) is 89.4 Å². The molecule has 3 aliphatic rings. The third-order valence-electron chi connectivity index (χ3n) is 9.05. The Bertz CT molecular complexity index is 1750. The maximum Gasteiger partial charge on any atom is 0.254 e. The van der Waals surface area contributed by atoms with E-state index < -0.39 is 17.7 Å². The monoisotopic (exact) mass is 569 g/mol. The summed E-state index contributed by atoms with van der Waals surface area (Å²) < 4.78 is 27.8. The summed E-state index contributed by atoms with van der Waals surface area (Å²) in [7, 11) is 0. The number of rotatable bonds is 6. The van der Waals surface area contributed by atoms with Crippen molar-refractivity contribution in [2.45, 2.75) is 51.4 Å². The average Bonchev–Trinajstić information content (AvgIpc) is 3.24. The Morgan fingerprint density at radius 1 is 1.12 bits per heavy atom. The van der Waals surface area contributed by atoms with Crippen molar-refractivity contribution in [1.82, 2.24) is 25.1 Å². The number of amides is 3. The number of nitrogens with one attached hydrogen (secondary N) is 2. The lowest BCUT2D eigenvalue weighted by atomic mass is 10.00. The molecule has 0 radical (unpaired) electrons. The van der Waals surface area contributed by atoms with Gasteiger partial charge in [0.2, 0.25) is 11.8 Å². The van der Waals surface area contributed by atoms with Crippen LogP contribution in [-0.2, 0) is 16.1 Å². The highest BCUT2D eigenvalue weighted by atomic mass is 19.1. The molecule has 1 unspecified atom stereocenters. The first-order chi connectivity index (χ1) is 20.1. The molecule has 8 nitrogen and oxygen atoms in total. The summed E-state index contributed by atoms with van der Waals surface area (Å²) in [4.78, 5) is 51.0. The molecule has 3 amide bonds. The molecule has 1 aliphatic carbocycles. The summed E-state index contributed by atoms with van der Waals surface area (Å²) in [6.07, 6.45) is 4.86. The Hall–Kier alpha value is -4.60. The second-order valence-corrected chi connectivity index (χ2v) is 12.0. The third-order valence-corrected chi connectivity index (χ3v) is 9.05. The van der Waals surface area contributed by atoms with Gasteiger partial charge in [0, 0.05) is 58.8 Å². The van der Waals surface area contributed by atoms with E-state index in [4.69, 9.17) is 0 Å². The lowest BCUT2D eigenvalue weighted by Gasteiger charge is -2.29. The molecule has 214 valence electrons. The van der Waals surface area contributed by atoms with Gasteiger partial charge in [-0.05, 0) is 72.7 Å². The number of carbonyl (C=O) groups excluding carboxylic acids is 3. The third kappa shape index (κ3) is 4.33. The normalized spacial score (nSPS) is 23.2. The van der Waals surface area contributed by atoms with Crippen molar-refractivity contribution in [3.8, 4) is 11.1 Å². The highest BCUT2D eigenvalue weighted by molar-refractivity contribution is 6.01. The molecule has 2 N–H and O–H groups in total. The van der Waals surface area contributed by atoms with Gasteiger partial charge in [-0.2, -0.15) is 0 Å². The lowest BCUT2D eigenvalue weighted by Crippen LogP contribution is -2.51. The minimum Gasteiger partial charge on any atom is -0.357 e. The van der Waals surface area contributed by atoms with E-state index in [9.17, 15) is 23.2 Å². The van der Waals surface area contributed by atoms with Crippen LogP contribution in [-0.4, -0.2) is 56.1 Å². The smallest absolute Gasteiger partial charge is 0.254 e. The predicted molar refractivity (Wildman–Crippen MR) is 151 cm³/mol. The second-order valence-electron chi connectivity index (χ2n) is 12.0. The molecule has 4 atom stereocenters. The van der Waals surface area contributed by atoms with Gasteiger partial charge in [0.15, 0.2) is 0 Å². The van der Waals surface area contributed by atoms with E-state index in [1.54, 1.807) is 35.5 Å². The minimum atomic E-state index is -0.687. The zero-order chi connectivity index (χ0) is 29.3. The molecule has 7 rings (SSSR count). The van der Waals surface area contributed by atoms with Crippen molar-refractivity contribution in [1.29, 1.82) is 0 Å². The first kappa shape index (κ1) is 26.3. The summed E-state index contributed by atoms with van der Waals surface area (Å²) >= 11 is 0. The molecule has 10 heteroatoms. The van der Waals surface area contributed by atoms with Gasteiger partial charge in [-0.25, -0.2) is 8.78 Å². The summed E-state index contributed by atoms with van der Waals surface area (Å²) in [5, 5.41) is 4.02. The standard InChI is InChI=1S/C32H29F2N5O3/c1-17(26-10-19-14-35-8-7-25(19)37-26)36-30(41)27-12-32(2)13-28(32)39(27)29(40)16-38-15-20-9-18(3-5-23(20)31(38)42)22-6-4-21(33)11-24(22)34/h3-11,14,17,27-28,37H,12-13,15-16H2,1-2H3,(H,36,41)/t17?,27-,28-,32+/m0/s1. The number of benzene rings is 2. The van der Waals surface area contributed by atoms with Gasteiger partial charge in [0.25, 0.3) is 5.91 Å². The summed E-state index contributed by atoms with van der Waals surface area (Å²) in [6.45, 7) is 4.02. The van der Waals surface area contributed by atoms with Gasteiger partial charge in [-0.15, -0.1) is 0 Å². The molecule has 4 aromatic rings. The topological polar surface area (TPSA) is 98.4 Å². The Labute approximate surface area is 240 Å². The first-order valence-electron chi connectivity index (χ1n) is 14.0.